The summed E-state index contributed by atoms with van der Waals surface area (Å²) in [6.07, 6.45) is 14.2. The van der Waals surface area contributed by atoms with Gasteiger partial charge in [0, 0.05) is 66.3 Å². The Hall–Kier alpha value is -2.94. The highest BCUT2D eigenvalue weighted by Gasteiger charge is 2.16. The Balaban J connectivity index is 1.23. The van der Waals surface area contributed by atoms with E-state index in [1.165, 1.54) is 32.1 Å². The Kier molecular flexibility index (Phi) is 6.90. The Bertz CT molecular complexity index is 1320. The van der Waals surface area contributed by atoms with Gasteiger partial charge >= 0.3 is 0 Å². The third kappa shape index (κ3) is 5.26. The zero-order chi connectivity index (χ0) is 24.3. The fourth-order valence-electron chi connectivity index (χ4n) is 5.29. The minimum atomic E-state index is 0.466. The molecule has 36 heavy (non-hydrogen) atoms. The molecule has 2 aliphatic rings. The van der Waals surface area contributed by atoms with Crippen molar-refractivity contribution in [1.82, 2.24) is 29.6 Å². The highest BCUT2D eigenvalue weighted by molar-refractivity contribution is 6.29. The quantitative estimate of drug-likeness (QED) is 0.335. The molecule has 8 nitrogen and oxygen atoms in total. The molecule has 1 saturated heterocycles. The summed E-state index contributed by atoms with van der Waals surface area (Å²) in [5.74, 6) is 0.837. The molecule has 0 spiro atoms. The second-order valence-electron chi connectivity index (χ2n) is 9.81. The molecule has 6 rings (SSSR count). The van der Waals surface area contributed by atoms with E-state index in [4.69, 9.17) is 21.3 Å². The maximum atomic E-state index is 6.45. The van der Waals surface area contributed by atoms with Gasteiger partial charge in [-0.25, -0.2) is 9.97 Å². The van der Waals surface area contributed by atoms with Crippen LogP contribution in [0.2, 0.25) is 5.15 Å². The Morgan fingerprint density at radius 2 is 1.86 bits per heavy atom. The van der Waals surface area contributed by atoms with Crippen LogP contribution in [-0.2, 0) is 11.3 Å². The maximum Gasteiger partial charge on any atom is 0.137 e. The van der Waals surface area contributed by atoms with Crippen molar-refractivity contribution in [2.24, 2.45) is 0 Å². The number of hydrogen-bond donors (Lipinski definition) is 2. The number of aromatic nitrogens is 5. The van der Waals surface area contributed by atoms with Crippen LogP contribution < -0.4 is 5.32 Å². The summed E-state index contributed by atoms with van der Waals surface area (Å²) >= 11 is 6.45. The normalized spacial score (nSPS) is 17.6. The summed E-state index contributed by atoms with van der Waals surface area (Å²) in [6.45, 7) is 5.44. The molecule has 2 N–H and O–H groups in total. The molecule has 1 aliphatic heterocycles. The standard InChI is InChI=1S/C27H32ClN7O/c28-25-13-19(14-26(33-25)32-22-4-2-1-3-5-22)24-17-30-27-23(24)12-20(15-29-27)21-16-31-35(18-21)7-6-34-8-10-36-11-9-34/h12-18,22H,1-11H2,(H,29,30)(H,32,33). The van der Waals surface area contributed by atoms with Crippen LogP contribution in [0.5, 0.6) is 0 Å². The molecule has 0 amide bonds. The van der Waals surface area contributed by atoms with Gasteiger partial charge in [-0.15, -0.1) is 0 Å². The molecule has 5 heterocycles. The maximum absolute atomic E-state index is 6.45. The first-order valence-electron chi connectivity index (χ1n) is 13.0. The van der Waals surface area contributed by atoms with Gasteiger partial charge in [0.05, 0.1) is 26.0 Å². The van der Waals surface area contributed by atoms with E-state index in [0.717, 1.165) is 78.5 Å². The highest BCUT2D eigenvalue weighted by Crippen LogP contribution is 2.33. The van der Waals surface area contributed by atoms with Gasteiger partial charge in [-0.05, 0) is 36.6 Å². The highest BCUT2D eigenvalue weighted by atomic mass is 35.5. The lowest BCUT2D eigenvalue weighted by molar-refractivity contribution is 0.0360. The van der Waals surface area contributed by atoms with Gasteiger partial charge in [0.1, 0.15) is 16.6 Å². The average Bonchev–Trinajstić information content (AvgIpc) is 3.55. The van der Waals surface area contributed by atoms with Crippen molar-refractivity contribution in [1.29, 1.82) is 0 Å². The monoisotopic (exact) mass is 505 g/mol. The molecule has 4 aromatic heterocycles. The topological polar surface area (TPSA) is 83.9 Å². The van der Waals surface area contributed by atoms with Crippen molar-refractivity contribution in [2.75, 3.05) is 38.2 Å². The van der Waals surface area contributed by atoms with E-state index in [1.807, 2.05) is 29.3 Å². The van der Waals surface area contributed by atoms with Gasteiger partial charge in [0.15, 0.2) is 0 Å². The minimum absolute atomic E-state index is 0.466. The molecular formula is C27H32ClN7O. The van der Waals surface area contributed by atoms with Gasteiger partial charge in [0.25, 0.3) is 0 Å². The van der Waals surface area contributed by atoms with Crippen LogP contribution >= 0.6 is 11.6 Å². The van der Waals surface area contributed by atoms with E-state index in [1.54, 1.807) is 0 Å². The van der Waals surface area contributed by atoms with E-state index in [0.29, 0.717) is 11.2 Å². The van der Waals surface area contributed by atoms with Crippen LogP contribution in [0.4, 0.5) is 5.82 Å². The smallest absolute Gasteiger partial charge is 0.137 e. The van der Waals surface area contributed by atoms with Crippen LogP contribution in [0.15, 0.2) is 43.0 Å². The number of aromatic amines is 1. The van der Waals surface area contributed by atoms with Gasteiger partial charge in [0.2, 0.25) is 0 Å². The van der Waals surface area contributed by atoms with E-state index in [2.05, 4.69) is 43.6 Å². The van der Waals surface area contributed by atoms with Crippen molar-refractivity contribution in [2.45, 2.75) is 44.7 Å². The molecule has 2 fully saturated rings. The number of pyridine rings is 2. The Labute approximate surface area is 216 Å². The lowest BCUT2D eigenvalue weighted by atomic mass is 9.95. The number of H-pyrrole nitrogens is 1. The van der Waals surface area contributed by atoms with E-state index < -0.39 is 0 Å². The lowest BCUT2D eigenvalue weighted by Gasteiger charge is -2.26. The zero-order valence-electron chi connectivity index (χ0n) is 20.4. The number of morpholine rings is 1. The van der Waals surface area contributed by atoms with Crippen molar-refractivity contribution in [3.63, 3.8) is 0 Å². The molecule has 188 valence electrons. The van der Waals surface area contributed by atoms with Crippen molar-refractivity contribution in [3.8, 4) is 22.3 Å². The predicted octanol–water partition coefficient (Wildman–Crippen LogP) is 5.22. The van der Waals surface area contributed by atoms with Crippen LogP contribution in [0.1, 0.15) is 32.1 Å². The number of hydrogen-bond acceptors (Lipinski definition) is 6. The molecule has 0 aromatic carbocycles. The number of fused-ring (bicyclic) bond motifs is 1. The Morgan fingerprint density at radius 1 is 1.00 bits per heavy atom. The number of nitrogens with zero attached hydrogens (tertiary/aromatic N) is 5. The third-order valence-electron chi connectivity index (χ3n) is 7.31. The summed E-state index contributed by atoms with van der Waals surface area (Å²) < 4.78 is 7.46. The summed E-state index contributed by atoms with van der Waals surface area (Å²) in [7, 11) is 0. The second-order valence-corrected chi connectivity index (χ2v) is 10.2. The fraction of sp³-hybridized carbons (Fsp3) is 0.444. The summed E-state index contributed by atoms with van der Waals surface area (Å²) in [5, 5.41) is 9.74. The summed E-state index contributed by atoms with van der Waals surface area (Å²) in [6, 6.07) is 6.67. The molecular weight excluding hydrogens is 474 g/mol. The summed E-state index contributed by atoms with van der Waals surface area (Å²) in [4.78, 5) is 15.0. The van der Waals surface area contributed by atoms with Gasteiger partial charge in [-0.1, -0.05) is 30.9 Å². The van der Waals surface area contributed by atoms with E-state index >= 15 is 0 Å². The summed E-state index contributed by atoms with van der Waals surface area (Å²) in [5.41, 5.74) is 5.05. The SMILES string of the molecule is Clc1cc(-c2c[nH]c3ncc(-c4cnn(CCN5CCOCC5)c4)cc23)cc(NC2CCCCC2)n1. The van der Waals surface area contributed by atoms with Crippen LogP contribution in [0.3, 0.4) is 0 Å². The largest absolute Gasteiger partial charge is 0.379 e. The van der Waals surface area contributed by atoms with Crippen molar-refractivity contribution < 1.29 is 4.74 Å². The Morgan fingerprint density at radius 3 is 2.72 bits per heavy atom. The van der Waals surface area contributed by atoms with Gasteiger partial charge < -0.3 is 15.0 Å². The van der Waals surface area contributed by atoms with Crippen molar-refractivity contribution >= 4 is 28.5 Å². The lowest BCUT2D eigenvalue weighted by Crippen LogP contribution is -2.38. The molecule has 1 saturated carbocycles. The predicted molar refractivity (Wildman–Crippen MR) is 143 cm³/mol. The molecule has 0 unspecified atom stereocenters. The number of rotatable bonds is 7. The molecule has 9 heteroatoms. The van der Waals surface area contributed by atoms with Crippen LogP contribution in [0.25, 0.3) is 33.3 Å². The number of anilines is 1. The fourth-order valence-corrected chi connectivity index (χ4v) is 5.49. The average molecular weight is 506 g/mol. The first kappa shape index (κ1) is 23.5. The number of halogens is 1. The molecule has 0 bridgehead atoms. The second kappa shape index (κ2) is 10.6. The molecule has 1 aliphatic carbocycles. The van der Waals surface area contributed by atoms with Gasteiger partial charge in [-0.3, -0.25) is 9.58 Å². The van der Waals surface area contributed by atoms with Crippen LogP contribution in [-0.4, -0.2) is 68.5 Å². The zero-order valence-corrected chi connectivity index (χ0v) is 21.2. The minimum Gasteiger partial charge on any atom is -0.379 e. The first-order valence-corrected chi connectivity index (χ1v) is 13.3. The van der Waals surface area contributed by atoms with Gasteiger partial charge in [-0.2, -0.15) is 5.10 Å². The third-order valence-corrected chi connectivity index (χ3v) is 7.50. The molecule has 0 atom stereocenters. The van der Waals surface area contributed by atoms with Crippen molar-refractivity contribution in [3.05, 3.63) is 48.1 Å². The molecule has 4 aromatic rings. The number of nitrogens with one attached hydrogen (secondary N) is 2. The van der Waals surface area contributed by atoms with E-state index in [-0.39, 0.29) is 0 Å². The van der Waals surface area contributed by atoms with Crippen LogP contribution in [0, 0.1) is 0 Å². The molecule has 0 radical (unpaired) electrons. The number of ether oxygens (including phenoxy) is 1. The van der Waals surface area contributed by atoms with E-state index in [9.17, 15) is 0 Å². The first-order chi connectivity index (χ1) is 17.7.